The van der Waals surface area contributed by atoms with Crippen molar-refractivity contribution in [3.05, 3.63) is 23.3 Å². The first-order valence-electron chi connectivity index (χ1n) is 3.86. The Balaban J connectivity index is 3.09. The minimum atomic E-state index is -0.271. The Morgan fingerprint density at radius 3 is 2.09 bits per heavy atom. The van der Waals surface area contributed by atoms with Crippen molar-refractivity contribution in [3.8, 4) is 0 Å². The Labute approximate surface area is 67.8 Å². The van der Waals surface area contributed by atoms with E-state index in [1.807, 2.05) is 39.8 Å². The molecule has 0 unspecified atom stereocenters. The van der Waals surface area contributed by atoms with Crippen LogP contribution >= 0.6 is 0 Å². The summed E-state index contributed by atoms with van der Waals surface area (Å²) in [6, 6.07) is 0. The fourth-order valence-corrected chi connectivity index (χ4v) is 1.18. The molecule has 60 valence electrons. The van der Waals surface area contributed by atoms with E-state index in [1.165, 1.54) is 0 Å². The van der Waals surface area contributed by atoms with E-state index in [9.17, 15) is 4.79 Å². The van der Waals surface area contributed by atoms with Gasteiger partial charge in [0.05, 0.1) is 0 Å². The van der Waals surface area contributed by atoms with E-state index in [0.717, 1.165) is 11.1 Å². The highest BCUT2D eigenvalue weighted by Gasteiger charge is 2.31. The third kappa shape index (κ3) is 1.28. The molecular formula is C10H14O. The summed E-state index contributed by atoms with van der Waals surface area (Å²) in [7, 11) is 0. The zero-order valence-corrected chi connectivity index (χ0v) is 7.56. The summed E-state index contributed by atoms with van der Waals surface area (Å²) < 4.78 is 0. The van der Waals surface area contributed by atoms with Gasteiger partial charge in [0.2, 0.25) is 0 Å². The summed E-state index contributed by atoms with van der Waals surface area (Å²) in [6.45, 7) is 7.83. The summed E-state index contributed by atoms with van der Waals surface area (Å²) in [6.07, 6.45) is 3.90. The molecular weight excluding hydrogens is 136 g/mol. The Kier molecular flexibility index (Phi) is 1.75. The zero-order chi connectivity index (χ0) is 8.65. The van der Waals surface area contributed by atoms with Crippen molar-refractivity contribution in [2.45, 2.75) is 27.7 Å². The van der Waals surface area contributed by atoms with E-state index >= 15 is 0 Å². The predicted octanol–water partition coefficient (Wildman–Crippen LogP) is 2.49. The first-order chi connectivity index (χ1) is 4.95. The van der Waals surface area contributed by atoms with Gasteiger partial charge in [-0.05, 0) is 27.7 Å². The molecule has 0 N–H and O–H groups in total. The van der Waals surface area contributed by atoms with Gasteiger partial charge in [-0.2, -0.15) is 0 Å². The van der Waals surface area contributed by atoms with Crippen LogP contribution in [0.25, 0.3) is 0 Å². The number of carbonyl (C=O) groups excluding carboxylic acids is 1. The molecule has 1 rings (SSSR count). The van der Waals surface area contributed by atoms with Gasteiger partial charge in [0.15, 0.2) is 5.78 Å². The number of allylic oxidation sites excluding steroid dienone is 4. The lowest BCUT2D eigenvalue weighted by atomic mass is 9.90. The maximum atomic E-state index is 11.5. The molecule has 0 aromatic carbocycles. The molecule has 0 aliphatic heterocycles. The van der Waals surface area contributed by atoms with Crippen LogP contribution in [0.2, 0.25) is 0 Å². The molecule has 0 spiro atoms. The van der Waals surface area contributed by atoms with Gasteiger partial charge < -0.3 is 0 Å². The lowest BCUT2D eigenvalue weighted by molar-refractivity contribution is -0.120. The second-order valence-electron chi connectivity index (χ2n) is 3.80. The van der Waals surface area contributed by atoms with E-state index in [4.69, 9.17) is 0 Å². The van der Waals surface area contributed by atoms with Crippen molar-refractivity contribution in [2.24, 2.45) is 5.41 Å². The SMILES string of the molecule is CC(C)=C1C=CC(C)(C)C1=O. The summed E-state index contributed by atoms with van der Waals surface area (Å²) in [5.41, 5.74) is 1.72. The summed E-state index contributed by atoms with van der Waals surface area (Å²) >= 11 is 0. The fraction of sp³-hybridized carbons (Fsp3) is 0.500. The highest BCUT2D eigenvalue weighted by Crippen LogP contribution is 2.31. The van der Waals surface area contributed by atoms with Crippen molar-refractivity contribution >= 4 is 5.78 Å². The molecule has 0 aromatic rings. The van der Waals surface area contributed by atoms with Crippen LogP contribution in [-0.4, -0.2) is 5.78 Å². The molecule has 0 fully saturated rings. The Morgan fingerprint density at radius 2 is 1.91 bits per heavy atom. The average Bonchev–Trinajstić information content (AvgIpc) is 2.09. The largest absolute Gasteiger partial charge is 0.293 e. The molecule has 1 heteroatoms. The van der Waals surface area contributed by atoms with Crippen molar-refractivity contribution in [2.75, 3.05) is 0 Å². The van der Waals surface area contributed by atoms with Gasteiger partial charge >= 0.3 is 0 Å². The second kappa shape index (κ2) is 2.33. The van der Waals surface area contributed by atoms with E-state index < -0.39 is 0 Å². The van der Waals surface area contributed by atoms with Crippen LogP contribution in [0.15, 0.2) is 23.3 Å². The minimum absolute atomic E-state index is 0.248. The average molecular weight is 150 g/mol. The maximum Gasteiger partial charge on any atom is 0.172 e. The zero-order valence-electron chi connectivity index (χ0n) is 7.56. The Morgan fingerprint density at radius 1 is 1.36 bits per heavy atom. The topological polar surface area (TPSA) is 17.1 Å². The quantitative estimate of drug-likeness (QED) is 0.485. The number of rotatable bonds is 0. The molecule has 0 saturated heterocycles. The molecule has 1 aliphatic carbocycles. The number of hydrogen-bond acceptors (Lipinski definition) is 1. The van der Waals surface area contributed by atoms with E-state index in [2.05, 4.69) is 0 Å². The first kappa shape index (κ1) is 8.25. The molecule has 0 radical (unpaired) electrons. The van der Waals surface area contributed by atoms with Gasteiger partial charge in [-0.1, -0.05) is 17.7 Å². The molecule has 11 heavy (non-hydrogen) atoms. The standard InChI is InChI=1S/C10H14O/c1-7(2)8-5-6-10(3,4)9(8)11/h5-6H,1-4H3. The number of ketones is 1. The van der Waals surface area contributed by atoms with Crippen LogP contribution in [0.4, 0.5) is 0 Å². The molecule has 0 atom stereocenters. The van der Waals surface area contributed by atoms with Gasteiger partial charge in [0.1, 0.15) is 0 Å². The molecule has 0 amide bonds. The Hall–Kier alpha value is -0.850. The minimum Gasteiger partial charge on any atom is -0.293 e. The van der Waals surface area contributed by atoms with Crippen LogP contribution < -0.4 is 0 Å². The fourth-order valence-electron chi connectivity index (χ4n) is 1.18. The smallest absolute Gasteiger partial charge is 0.172 e. The van der Waals surface area contributed by atoms with Gasteiger partial charge in [0, 0.05) is 11.0 Å². The molecule has 0 bridgehead atoms. The van der Waals surface area contributed by atoms with Crippen LogP contribution in [-0.2, 0) is 4.79 Å². The van der Waals surface area contributed by atoms with Gasteiger partial charge in [-0.15, -0.1) is 0 Å². The number of Topliss-reactive ketones (excluding diaryl/α,β-unsaturated/α-hetero) is 1. The van der Waals surface area contributed by atoms with E-state index in [-0.39, 0.29) is 11.2 Å². The molecule has 1 nitrogen and oxygen atoms in total. The number of hydrogen-bond donors (Lipinski definition) is 0. The summed E-state index contributed by atoms with van der Waals surface area (Å²) in [4.78, 5) is 11.5. The summed E-state index contributed by atoms with van der Waals surface area (Å²) in [5, 5.41) is 0. The van der Waals surface area contributed by atoms with Crippen molar-refractivity contribution in [1.29, 1.82) is 0 Å². The van der Waals surface area contributed by atoms with Crippen molar-refractivity contribution in [3.63, 3.8) is 0 Å². The normalized spacial score (nSPS) is 21.1. The second-order valence-corrected chi connectivity index (χ2v) is 3.80. The van der Waals surface area contributed by atoms with Crippen LogP contribution in [0.3, 0.4) is 0 Å². The lowest BCUT2D eigenvalue weighted by Crippen LogP contribution is -2.17. The third-order valence-electron chi connectivity index (χ3n) is 2.04. The molecule has 0 aromatic heterocycles. The lowest BCUT2D eigenvalue weighted by Gasteiger charge is -2.12. The Bertz CT molecular complexity index is 250. The van der Waals surface area contributed by atoms with Gasteiger partial charge in [-0.3, -0.25) is 4.79 Å². The van der Waals surface area contributed by atoms with Crippen LogP contribution in [0, 0.1) is 5.41 Å². The van der Waals surface area contributed by atoms with Crippen molar-refractivity contribution < 1.29 is 4.79 Å². The van der Waals surface area contributed by atoms with Gasteiger partial charge in [0.25, 0.3) is 0 Å². The van der Waals surface area contributed by atoms with Crippen LogP contribution in [0.1, 0.15) is 27.7 Å². The maximum absolute atomic E-state index is 11.5. The van der Waals surface area contributed by atoms with Gasteiger partial charge in [-0.25, -0.2) is 0 Å². The van der Waals surface area contributed by atoms with E-state index in [1.54, 1.807) is 0 Å². The molecule has 0 heterocycles. The predicted molar refractivity (Wildman–Crippen MR) is 46.3 cm³/mol. The number of carbonyl (C=O) groups is 1. The third-order valence-corrected chi connectivity index (χ3v) is 2.04. The highest BCUT2D eigenvalue weighted by atomic mass is 16.1. The first-order valence-corrected chi connectivity index (χ1v) is 3.86. The van der Waals surface area contributed by atoms with Crippen LogP contribution in [0.5, 0.6) is 0 Å². The van der Waals surface area contributed by atoms with E-state index in [0.29, 0.717) is 0 Å². The molecule has 1 aliphatic rings. The summed E-state index contributed by atoms with van der Waals surface area (Å²) in [5.74, 6) is 0.248. The van der Waals surface area contributed by atoms with Crippen molar-refractivity contribution in [1.82, 2.24) is 0 Å². The highest BCUT2D eigenvalue weighted by molar-refractivity contribution is 6.06. The monoisotopic (exact) mass is 150 g/mol. The molecule has 0 saturated carbocycles.